The molecule has 0 atom stereocenters. The Morgan fingerprint density at radius 1 is 1.26 bits per heavy atom. The van der Waals surface area contributed by atoms with Crippen LogP contribution >= 0.6 is 0 Å². The predicted octanol–water partition coefficient (Wildman–Crippen LogP) is 2.31. The molecule has 1 saturated heterocycles. The number of benzene rings is 1. The van der Waals surface area contributed by atoms with Gasteiger partial charge in [-0.1, -0.05) is 37.6 Å². The van der Waals surface area contributed by atoms with Gasteiger partial charge in [0, 0.05) is 19.1 Å². The first-order valence-corrected chi connectivity index (χ1v) is 9.54. The van der Waals surface area contributed by atoms with E-state index in [1.54, 1.807) is 41.3 Å². The van der Waals surface area contributed by atoms with Crippen LogP contribution in [0.25, 0.3) is 0 Å². The molecule has 1 aliphatic rings. The predicted molar refractivity (Wildman–Crippen MR) is 90.4 cm³/mol. The number of amides is 1. The van der Waals surface area contributed by atoms with Crippen molar-refractivity contribution in [3.8, 4) is 0 Å². The van der Waals surface area contributed by atoms with Crippen LogP contribution < -0.4 is 4.72 Å². The van der Waals surface area contributed by atoms with Gasteiger partial charge in [-0.05, 0) is 37.5 Å². The van der Waals surface area contributed by atoms with Crippen molar-refractivity contribution in [3.05, 3.63) is 42.5 Å². The van der Waals surface area contributed by atoms with Gasteiger partial charge in [0.05, 0.1) is 4.90 Å². The molecular formula is C17H24N2O3S. The number of nitrogens with one attached hydrogen (secondary N) is 1. The number of allylic oxidation sites excluding steroid dienone is 1. The number of carbonyl (C=O) groups excluding carboxylic acids is 1. The zero-order chi connectivity index (χ0) is 16.7. The summed E-state index contributed by atoms with van der Waals surface area (Å²) >= 11 is 0. The highest BCUT2D eigenvalue weighted by Gasteiger charge is 2.25. The first-order chi connectivity index (χ1) is 11.0. The summed E-state index contributed by atoms with van der Waals surface area (Å²) in [4.78, 5) is 14.0. The van der Waals surface area contributed by atoms with E-state index >= 15 is 0 Å². The normalized spacial score (nSPS) is 16.8. The molecule has 1 heterocycles. The Morgan fingerprint density at radius 3 is 2.52 bits per heavy atom. The van der Waals surface area contributed by atoms with Crippen molar-refractivity contribution in [2.75, 3.05) is 13.1 Å². The summed E-state index contributed by atoms with van der Waals surface area (Å²) in [5.41, 5.74) is 0. The minimum Gasteiger partial charge on any atom is -0.339 e. The highest BCUT2D eigenvalue weighted by molar-refractivity contribution is 7.89. The topological polar surface area (TPSA) is 66.5 Å². The van der Waals surface area contributed by atoms with Gasteiger partial charge < -0.3 is 4.90 Å². The summed E-state index contributed by atoms with van der Waals surface area (Å²) in [6.45, 7) is 3.23. The maximum Gasteiger partial charge on any atom is 0.246 e. The largest absolute Gasteiger partial charge is 0.339 e. The van der Waals surface area contributed by atoms with E-state index in [0.29, 0.717) is 25.9 Å². The molecule has 0 aromatic heterocycles. The fourth-order valence-electron chi connectivity index (χ4n) is 2.56. The number of likely N-dealkylation sites (tertiary alicyclic amines) is 1. The second kappa shape index (κ2) is 8.26. The number of piperidine rings is 1. The summed E-state index contributed by atoms with van der Waals surface area (Å²) in [5, 5.41) is 0. The van der Waals surface area contributed by atoms with E-state index in [9.17, 15) is 13.2 Å². The van der Waals surface area contributed by atoms with E-state index in [1.807, 2.05) is 6.08 Å². The zero-order valence-electron chi connectivity index (χ0n) is 13.4. The Balaban J connectivity index is 1.86. The van der Waals surface area contributed by atoms with Crippen LogP contribution in [0.15, 0.2) is 47.4 Å². The van der Waals surface area contributed by atoms with Gasteiger partial charge in [0.1, 0.15) is 0 Å². The summed E-state index contributed by atoms with van der Waals surface area (Å²) < 4.78 is 27.3. The molecule has 0 aliphatic carbocycles. The molecule has 1 fully saturated rings. The number of carbonyl (C=O) groups is 1. The number of hydrogen-bond donors (Lipinski definition) is 1. The third-order valence-corrected chi connectivity index (χ3v) is 5.43. The molecule has 1 aromatic rings. The minimum absolute atomic E-state index is 0.0165. The molecule has 1 aliphatic heterocycles. The molecule has 0 saturated carbocycles. The second-order valence-electron chi connectivity index (χ2n) is 5.72. The van der Waals surface area contributed by atoms with Crippen LogP contribution in [0.4, 0.5) is 0 Å². The van der Waals surface area contributed by atoms with Gasteiger partial charge in [0.25, 0.3) is 0 Å². The maximum absolute atomic E-state index is 12.3. The lowest BCUT2D eigenvalue weighted by atomic mass is 10.1. The maximum atomic E-state index is 12.3. The summed E-state index contributed by atoms with van der Waals surface area (Å²) in [6.07, 6.45) is 6.72. The van der Waals surface area contributed by atoms with Crippen LogP contribution in [0.3, 0.4) is 0 Å². The van der Waals surface area contributed by atoms with Gasteiger partial charge in [-0.25, -0.2) is 13.1 Å². The molecule has 1 aromatic carbocycles. The lowest BCUT2D eigenvalue weighted by molar-refractivity contribution is -0.127. The molecule has 0 unspecified atom stereocenters. The third-order valence-electron chi connectivity index (χ3n) is 3.90. The van der Waals surface area contributed by atoms with Crippen molar-refractivity contribution in [2.45, 2.75) is 43.5 Å². The standard InChI is InChI=1S/C17H24N2O3S/c1-2-3-5-10-17(20)19-13-11-15(12-14-19)18-23(21,22)16-8-6-4-7-9-16/h4-10,15,18H,2-3,11-14H2,1H3/b10-5+. The number of unbranched alkanes of at least 4 members (excludes halogenated alkanes) is 1. The number of sulfonamides is 1. The van der Waals surface area contributed by atoms with Crippen LogP contribution in [-0.4, -0.2) is 38.4 Å². The zero-order valence-corrected chi connectivity index (χ0v) is 14.3. The molecule has 0 radical (unpaired) electrons. The number of rotatable bonds is 6. The van der Waals surface area contributed by atoms with E-state index in [0.717, 1.165) is 12.8 Å². The van der Waals surface area contributed by atoms with Gasteiger partial charge in [-0.2, -0.15) is 0 Å². The Labute approximate surface area is 138 Å². The van der Waals surface area contributed by atoms with Gasteiger partial charge >= 0.3 is 0 Å². The van der Waals surface area contributed by atoms with Gasteiger partial charge in [-0.3, -0.25) is 4.79 Å². The molecule has 0 bridgehead atoms. The Hall–Kier alpha value is -1.66. The average molecular weight is 336 g/mol. The smallest absolute Gasteiger partial charge is 0.246 e. The van der Waals surface area contributed by atoms with E-state index in [2.05, 4.69) is 11.6 Å². The van der Waals surface area contributed by atoms with Crippen LogP contribution in [-0.2, 0) is 14.8 Å². The molecule has 2 rings (SSSR count). The third kappa shape index (κ3) is 5.18. The highest BCUT2D eigenvalue weighted by atomic mass is 32.2. The van der Waals surface area contributed by atoms with Gasteiger partial charge in [0.2, 0.25) is 15.9 Å². The summed E-state index contributed by atoms with van der Waals surface area (Å²) in [7, 11) is -3.48. The summed E-state index contributed by atoms with van der Waals surface area (Å²) in [5.74, 6) is 0.0165. The van der Waals surface area contributed by atoms with E-state index in [4.69, 9.17) is 0 Å². The van der Waals surface area contributed by atoms with Crippen molar-refractivity contribution >= 4 is 15.9 Å². The molecule has 5 nitrogen and oxygen atoms in total. The molecule has 0 spiro atoms. The van der Waals surface area contributed by atoms with E-state index < -0.39 is 10.0 Å². The molecule has 126 valence electrons. The molecule has 1 amide bonds. The molecule has 23 heavy (non-hydrogen) atoms. The number of nitrogens with zero attached hydrogens (tertiary/aromatic N) is 1. The van der Waals surface area contributed by atoms with Crippen LogP contribution in [0, 0.1) is 0 Å². The first kappa shape index (κ1) is 17.7. The number of hydrogen-bond acceptors (Lipinski definition) is 3. The van der Waals surface area contributed by atoms with Crippen molar-refractivity contribution in [1.82, 2.24) is 9.62 Å². The van der Waals surface area contributed by atoms with Crippen molar-refractivity contribution in [1.29, 1.82) is 0 Å². The lowest BCUT2D eigenvalue weighted by Crippen LogP contribution is -2.46. The Morgan fingerprint density at radius 2 is 1.91 bits per heavy atom. The van der Waals surface area contributed by atoms with E-state index in [-0.39, 0.29) is 16.8 Å². The van der Waals surface area contributed by atoms with Crippen LogP contribution in [0.2, 0.25) is 0 Å². The Bertz CT molecular complexity index is 633. The quantitative estimate of drug-likeness (QED) is 0.811. The van der Waals surface area contributed by atoms with Gasteiger partial charge in [-0.15, -0.1) is 0 Å². The van der Waals surface area contributed by atoms with E-state index in [1.165, 1.54) is 0 Å². The second-order valence-corrected chi connectivity index (χ2v) is 7.44. The average Bonchev–Trinajstić information content (AvgIpc) is 2.56. The summed E-state index contributed by atoms with van der Waals surface area (Å²) in [6, 6.07) is 8.24. The monoisotopic (exact) mass is 336 g/mol. The SMILES string of the molecule is CCC/C=C/C(=O)N1CCC(NS(=O)(=O)c2ccccc2)CC1. The van der Waals surface area contributed by atoms with Crippen molar-refractivity contribution in [2.24, 2.45) is 0 Å². The molecule has 1 N–H and O–H groups in total. The van der Waals surface area contributed by atoms with Crippen molar-refractivity contribution in [3.63, 3.8) is 0 Å². The first-order valence-electron chi connectivity index (χ1n) is 8.05. The van der Waals surface area contributed by atoms with Crippen LogP contribution in [0.1, 0.15) is 32.6 Å². The fourth-order valence-corrected chi connectivity index (χ4v) is 3.89. The fraction of sp³-hybridized carbons (Fsp3) is 0.471. The van der Waals surface area contributed by atoms with Crippen LogP contribution in [0.5, 0.6) is 0 Å². The minimum atomic E-state index is -3.48. The molecular weight excluding hydrogens is 312 g/mol. The Kier molecular flexibility index (Phi) is 6.36. The lowest BCUT2D eigenvalue weighted by Gasteiger charge is -2.31. The highest BCUT2D eigenvalue weighted by Crippen LogP contribution is 2.15. The molecule has 6 heteroatoms. The van der Waals surface area contributed by atoms with Crippen molar-refractivity contribution < 1.29 is 13.2 Å². The van der Waals surface area contributed by atoms with Gasteiger partial charge in [0.15, 0.2) is 0 Å².